The Morgan fingerprint density at radius 1 is 0.967 bits per heavy atom. The maximum Gasteiger partial charge on any atom is 0.367 e. The predicted octanol–water partition coefficient (Wildman–Crippen LogP) is 4.18. The molecule has 3 aromatic rings. The van der Waals surface area contributed by atoms with Crippen LogP contribution in [-0.2, 0) is 13.6 Å². The Morgan fingerprint density at radius 3 is 2.30 bits per heavy atom. The molecule has 1 aromatic heterocycles. The van der Waals surface area contributed by atoms with E-state index in [9.17, 15) is 24.7 Å². The molecule has 0 amide bonds. The lowest BCUT2D eigenvalue weighted by Gasteiger charge is -2.18. The topological polar surface area (TPSA) is 136 Å². The molecular formula is C20H21O9P. The van der Waals surface area contributed by atoms with Gasteiger partial charge in [0.2, 0.25) is 11.2 Å². The van der Waals surface area contributed by atoms with Crippen LogP contribution in [0.5, 0.6) is 23.0 Å². The minimum absolute atomic E-state index is 0.0766. The molecule has 3 rings (SSSR count). The lowest BCUT2D eigenvalue weighted by atomic mass is 10.1. The fourth-order valence-electron chi connectivity index (χ4n) is 2.80. The van der Waals surface area contributed by atoms with Crippen LogP contribution in [-0.4, -0.2) is 34.9 Å². The molecule has 10 heteroatoms. The second-order valence-electron chi connectivity index (χ2n) is 6.19. The van der Waals surface area contributed by atoms with Gasteiger partial charge in [-0.25, -0.2) is 0 Å². The highest BCUT2D eigenvalue weighted by atomic mass is 31.2. The summed E-state index contributed by atoms with van der Waals surface area (Å²) in [5.41, 5.74) is -0.295. The van der Waals surface area contributed by atoms with Gasteiger partial charge in [0.1, 0.15) is 11.3 Å². The summed E-state index contributed by atoms with van der Waals surface area (Å²) >= 11 is 0. The number of ether oxygens (including phenoxy) is 1. The van der Waals surface area contributed by atoms with E-state index in [0.717, 1.165) is 0 Å². The van der Waals surface area contributed by atoms with Crippen molar-refractivity contribution in [1.29, 1.82) is 0 Å². The van der Waals surface area contributed by atoms with Gasteiger partial charge in [0.25, 0.3) is 0 Å². The van der Waals surface area contributed by atoms with Gasteiger partial charge in [-0.2, -0.15) is 0 Å². The number of benzene rings is 2. The van der Waals surface area contributed by atoms with Crippen molar-refractivity contribution in [3.63, 3.8) is 0 Å². The van der Waals surface area contributed by atoms with E-state index >= 15 is 0 Å². The Bertz CT molecular complexity index is 1160. The fourth-order valence-corrected chi connectivity index (χ4v) is 4.10. The normalized spacial score (nSPS) is 11.7. The standard InChI is InChI=1S/C20H21O9P/c1-3-27-30(25,28-4-2)11-26-20-18(24)14-7-6-13(21)10-17(14)29-19(20)12-5-8-15(22)16(23)9-12/h5-10,21-23H,3-4,11H2,1-2H3. The molecule has 0 spiro atoms. The first-order valence-electron chi connectivity index (χ1n) is 9.11. The predicted molar refractivity (Wildman–Crippen MR) is 109 cm³/mol. The third kappa shape index (κ3) is 4.43. The average molecular weight is 436 g/mol. The molecule has 0 atom stereocenters. The van der Waals surface area contributed by atoms with Crippen molar-refractivity contribution >= 4 is 18.6 Å². The third-order valence-corrected chi connectivity index (χ3v) is 5.84. The fraction of sp³-hybridized carbons (Fsp3) is 0.250. The van der Waals surface area contributed by atoms with E-state index in [-0.39, 0.29) is 52.8 Å². The summed E-state index contributed by atoms with van der Waals surface area (Å²) in [7, 11) is -3.63. The van der Waals surface area contributed by atoms with Gasteiger partial charge in [0.15, 0.2) is 23.6 Å². The molecule has 0 saturated carbocycles. The first-order chi connectivity index (χ1) is 14.3. The number of rotatable bonds is 8. The maximum absolute atomic E-state index is 13.1. The summed E-state index contributed by atoms with van der Waals surface area (Å²) in [6.45, 7) is 3.52. The van der Waals surface area contributed by atoms with Gasteiger partial charge >= 0.3 is 7.60 Å². The zero-order valence-electron chi connectivity index (χ0n) is 16.3. The van der Waals surface area contributed by atoms with Crippen LogP contribution < -0.4 is 10.2 Å². The van der Waals surface area contributed by atoms with Gasteiger partial charge in [-0.1, -0.05) is 0 Å². The molecule has 0 saturated heterocycles. The van der Waals surface area contributed by atoms with E-state index in [2.05, 4.69) is 0 Å². The lowest BCUT2D eigenvalue weighted by molar-refractivity contribution is 0.196. The molecule has 0 aliphatic rings. The Labute approximate surface area is 171 Å². The monoisotopic (exact) mass is 436 g/mol. The molecule has 0 bridgehead atoms. The number of phenols is 3. The van der Waals surface area contributed by atoms with Crippen LogP contribution in [0.15, 0.2) is 45.6 Å². The van der Waals surface area contributed by atoms with E-state index in [1.54, 1.807) is 13.8 Å². The van der Waals surface area contributed by atoms with E-state index < -0.39 is 25.1 Å². The molecular weight excluding hydrogens is 415 g/mol. The van der Waals surface area contributed by atoms with Crippen LogP contribution in [0.4, 0.5) is 0 Å². The maximum atomic E-state index is 13.1. The smallest absolute Gasteiger partial charge is 0.367 e. The Hall–Kier alpha value is -3.00. The summed E-state index contributed by atoms with van der Waals surface area (Å²) in [5.74, 6) is -1.28. The zero-order valence-corrected chi connectivity index (χ0v) is 17.2. The van der Waals surface area contributed by atoms with E-state index in [4.69, 9.17) is 18.2 Å². The van der Waals surface area contributed by atoms with Crippen LogP contribution >= 0.6 is 7.60 Å². The molecule has 0 fully saturated rings. The Kier molecular flexibility index (Phi) is 6.36. The van der Waals surface area contributed by atoms with Crippen LogP contribution in [0.25, 0.3) is 22.3 Å². The molecule has 2 aromatic carbocycles. The van der Waals surface area contributed by atoms with Crippen molar-refractivity contribution < 1.29 is 38.1 Å². The highest BCUT2D eigenvalue weighted by Gasteiger charge is 2.27. The zero-order chi connectivity index (χ0) is 21.9. The molecule has 1 heterocycles. The van der Waals surface area contributed by atoms with Gasteiger partial charge in [-0.3, -0.25) is 9.36 Å². The third-order valence-electron chi connectivity index (χ3n) is 4.09. The molecule has 0 aliphatic heterocycles. The van der Waals surface area contributed by atoms with Crippen LogP contribution in [0.2, 0.25) is 0 Å². The van der Waals surface area contributed by atoms with Crippen molar-refractivity contribution in [2.75, 3.05) is 19.6 Å². The van der Waals surface area contributed by atoms with Crippen molar-refractivity contribution in [3.8, 4) is 34.3 Å². The molecule has 0 radical (unpaired) electrons. The summed E-state index contributed by atoms with van der Waals surface area (Å²) < 4.78 is 34.5. The SMILES string of the molecule is CCOP(=O)(COc1c(-c2ccc(O)c(O)c2)oc2cc(O)ccc2c1=O)OCC. The van der Waals surface area contributed by atoms with Gasteiger partial charge in [-0.05, 0) is 44.2 Å². The Morgan fingerprint density at radius 2 is 1.67 bits per heavy atom. The summed E-state index contributed by atoms with van der Waals surface area (Å²) in [4.78, 5) is 13.1. The average Bonchev–Trinajstić information content (AvgIpc) is 2.69. The summed E-state index contributed by atoms with van der Waals surface area (Å²) in [6.07, 6.45) is -0.542. The number of fused-ring (bicyclic) bond motifs is 1. The van der Waals surface area contributed by atoms with Gasteiger partial charge in [0.05, 0.1) is 18.6 Å². The summed E-state index contributed by atoms with van der Waals surface area (Å²) in [6, 6.07) is 7.74. The minimum atomic E-state index is -3.63. The van der Waals surface area contributed by atoms with Crippen molar-refractivity contribution in [1.82, 2.24) is 0 Å². The number of aromatic hydroxyl groups is 3. The number of phenolic OH excluding ortho intramolecular Hbond substituents is 3. The van der Waals surface area contributed by atoms with E-state index in [1.807, 2.05) is 0 Å². The largest absolute Gasteiger partial charge is 0.508 e. The van der Waals surface area contributed by atoms with Crippen LogP contribution in [0.3, 0.4) is 0 Å². The van der Waals surface area contributed by atoms with Crippen molar-refractivity contribution in [2.24, 2.45) is 0 Å². The van der Waals surface area contributed by atoms with Crippen LogP contribution in [0, 0.1) is 0 Å². The van der Waals surface area contributed by atoms with Gasteiger partial charge < -0.3 is 33.5 Å². The summed E-state index contributed by atoms with van der Waals surface area (Å²) in [5, 5.41) is 29.3. The van der Waals surface area contributed by atoms with E-state index in [0.29, 0.717) is 0 Å². The molecule has 3 N–H and O–H groups in total. The first kappa shape index (κ1) is 21.7. The van der Waals surface area contributed by atoms with E-state index in [1.165, 1.54) is 36.4 Å². The lowest BCUT2D eigenvalue weighted by Crippen LogP contribution is -2.13. The molecule has 9 nitrogen and oxygen atoms in total. The quantitative estimate of drug-likeness (QED) is 0.351. The number of hydrogen-bond acceptors (Lipinski definition) is 9. The van der Waals surface area contributed by atoms with Gasteiger partial charge in [-0.15, -0.1) is 0 Å². The first-order valence-corrected chi connectivity index (χ1v) is 10.8. The highest BCUT2D eigenvalue weighted by molar-refractivity contribution is 7.53. The van der Waals surface area contributed by atoms with Crippen LogP contribution in [0.1, 0.15) is 13.8 Å². The second-order valence-corrected chi connectivity index (χ2v) is 8.19. The highest BCUT2D eigenvalue weighted by Crippen LogP contribution is 2.48. The Balaban J connectivity index is 2.16. The molecule has 0 unspecified atom stereocenters. The minimum Gasteiger partial charge on any atom is -0.508 e. The molecule has 30 heavy (non-hydrogen) atoms. The van der Waals surface area contributed by atoms with Crippen molar-refractivity contribution in [3.05, 3.63) is 46.6 Å². The molecule has 160 valence electrons. The number of hydrogen-bond donors (Lipinski definition) is 3. The second kappa shape index (κ2) is 8.79. The van der Waals surface area contributed by atoms with Gasteiger partial charge in [0, 0.05) is 11.6 Å². The van der Waals surface area contributed by atoms with Crippen molar-refractivity contribution in [2.45, 2.75) is 13.8 Å². The molecule has 0 aliphatic carbocycles.